The highest BCUT2D eigenvalue weighted by Crippen LogP contribution is 2.19. The van der Waals surface area contributed by atoms with Gasteiger partial charge in [-0.3, -0.25) is 0 Å². The van der Waals surface area contributed by atoms with Gasteiger partial charge in [0.2, 0.25) is 0 Å². The van der Waals surface area contributed by atoms with Gasteiger partial charge >= 0.3 is 0 Å². The summed E-state index contributed by atoms with van der Waals surface area (Å²) in [5.74, 6) is 0. The molecule has 5 heteroatoms. The molecular formula is C11H17BrN2OS. The Morgan fingerprint density at radius 2 is 2.06 bits per heavy atom. The Morgan fingerprint density at radius 1 is 1.44 bits per heavy atom. The lowest BCUT2D eigenvalue weighted by Gasteiger charge is -2.26. The number of aromatic nitrogens is 1. The van der Waals surface area contributed by atoms with Gasteiger partial charge in [-0.15, -0.1) is 4.72 Å². The summed E-state index contributed by atoms with van der Waals surface area (Å²) in [6.45, 7) is 7.78. The summed E-state index contributed by atoms with van der Waals surface area (Å²) >= 11 is 2.24. The minimum atomic E-state index is -1.08. The van der Waals surface area contributed by atoms with Crippen molar-refractivity contribution in [1.82, 2.24) is 9.71 Å². The molecule has 1 aromatic heterocycles. The number of rotatable bonds is 3. The van der Waals surface area contributed by atoms with Crippen LogP contribution in [0.15, 0.2) is 22.8 Å². The smallest absolute Gasteiger partial charge is 0.136 e. The van der Waals surface area contributed by atoms with E-state index in [4.69, 9.17) is 0 Å². The van der Waals surface area contributed by atoms with E-state index in [1.165, 1.54) is 0 Å². The lowest BCUT2D eigenvalue weighted by Crippen LogP contribution is -2.40. The van der Waals surface area contributed by atoms with E-state index < -0.39 is 11.4 Å². The van der Waals surface area contributed by atoms with Crippen molar-refractivity contribution < 1.29 is 4.55 Å². The topological polar surface area (TPSA) is 48.0 Å². The van der Waals surface area contributed by atoms with Crippen LogP contribution in [-0.2, 0) is 11.4 Å². The summed E-state index contributed by atoms with van der Waals surface area (Å²) in [5, 5.41) is 0. The van der Waals surface area contributed by atoms with Crippen LogP contribution >= 0.6 is 15.9 Å². The maximum absolute atomic E-state index is 11.9. The minimum absolute atomic E-state index is 0.0300. The SMILES string of the molecule is C[C@@H](N[S@+]([O-])C(C)(C)C)c1cccc(Br)n1. The second-order valence-electron chi connectivity index (χ2n) is 4.61. The molecule has 0 aliphatic heterocycles. The van der Waals surface area contributed by atoms with Gasteiger partial charge in [0.15, 0.2) is 0 Å². The Kier molecular flexibility index (Phi) is 4.79. The van der Waals surface area contributed by atoms with Crippen LogP contribution in [0, 0.1) is 0 Å². The highest BCUT2D eigenvalue weighted by molar-refractivity contribution is 9.10. The van der Waals surface area contributed by atoms with Gasteiger partial charge < -0.3 is 4.55 Å². The Morgan fingerprint density at radius 3 is 2.56 bits per heavy atom. The molecule has 1 aromatic rings. The predicted octanol–water partition coefficient (Wildman–Crippen LogP) is 2.96. The van der Waals surface area contributed by atoms with E-state index in [9.17, 15) is 4.55 Å². The summed E-state index contributed by atoms with van der Waals surface area (Å²) in [4.78, 5) is 4.33. The number of nitrogens with one attached hydrogen (secondary N) is 1. The van der Waals surface area contributed by atoms with Crippen molar-refractivity contribution in [1.29, 1.82) is 0 Å². The number of hydrogen-bond donors (Lipinski definition) is 1. The third-order valence-corrected chi connectivity index (χ3v) is 4.14. The lowest BCUT2D eigenvalue weighted by atomic mass is 10.2. The molecule has 3 nitrogen and oxygen atoms in total. The normalized spacial score (nSPS) is 15.9. The first-order chi connectivity index (χ1) is 7.30. The first-order valence-electron chi connectivity index (χ1n) is 5.11. The van der Waals surface area contributed by atoms with E-state index in [1.807, 2.05) is 45.9 Å². The molecular weight excluding hydrogens is 288 g/mol. The molecule has 2 atom stereocenters. The van der Waals surface area contributed by atoms with Crippen molar-refractivity contribution >= 4 is 27.3 Å². The Hall–Kier alpha value is -0.100. The molecule has 1 N–H and O–H groups in total. The van der Waals surface area contributed by atoms with Gasteiger partial charge in [-0.05, 0) is 55.8 Å². The molecule has 0 saturated carbocycles. The van der Waals surface area contributed by atoms with Crippen LogP contribution in [0.5, 0.6) is 0 Å². The molecule has 0 unspecified atom stereocenters. The molecule has 0 bridgehead atoms. The molecule has 0 radical (unpaired) electrons. The second-order valence-corrected chi connectivity index (χ2v) is 7.42. The van der Waals surface area contributed by atoms with Gasteiger partial charge in [-0.25, -0.2) is 4.98 Å². The molecule has 1 rings (SSSR count). The average Bonchev–Trinajstić information content (AvgIpc) is 2.16. The number of nitrogens with zero attached hydrogens (tertiary/aromatic N) is 1. The van der Waals surface area contributed by atoms with Gasteiger partial charge in [0.05, 0.1) is 11.7 Å². The molecule has 0 saturated heterocycles. The Bertz CT molecular complexity index is 354. The number of pyridine rings is 1. The van der Waals surface area contributed by atoms with Crippen LogP contribution in [0.2, 0.25) is 0 Å². The van der Waals surface area contributed by atoms with Crippen molar-refractivity contribution in [2.45, 2.75) is 38.5 Å². The van der Waals surface area contributed by atoms with Crippen LogP contribution in [0.3, 0.4) is 0 Å². The molecule has 0 amide bonds. The van der Waals surface area contributed by atoms with Crippen LogP contribution in [-0.4, -0.2) is 14.3 Å². The fourth-order valence-electron chi connectivity index (χ4n) is 1.06. The second kappa shape index (κ2) is 5.49. The van der Waals surface area contributed by atoms with Crippen molar-refractivity contribution in [3.05, 3.63) is 28.5 Å². The summed E-state index contributed by atoms with van der Waals surface area (Å²) in [5.41, 5.74) is 0.881. The van der Waals surface area contributed by atoms with E-state index in [2.05, 4.69) is 25.6 Å². The van der Waals surface area contributed by atoms with E-state index >= 15 is 0 Å². The van der Waals surface area contributed by atoms with Crippen molar-refractivity contribution in [2.24, 2.45) is 0 Å². The van der Waals surface area contributed by atoms with Crippen LogP contribution in [0.4, 0.5) is 0 Å². The quantitative estimate of drug-likeness (QED) is 0.690. The van der Waals surface area contributed by atoms with E-state index in [0.29, 0.717) is 0 Å². The molecule has 0 aliphatic carbocycles. The predicted molar refractivity (Wildman–Crippen MR) is 71.4 cm³/mol. The van der Waals surface area contributed by atoms with Crippen molar-refractivity contribution in [2.75, 3.05) is 0 Å². The fourth-order valence-corrected chi connectivity index (χ4v) is 2.22. The van der Waals surface area contributed by atoms with Gasteiger partial charge in [0.1, 0.15) is 9.35 Å². The van der Waals surface area contributed by atoms with Crippen LogP contribution in [0.25, 0.3) is 0 Å². The highest BCUT2D eigenvalue weighted by Gasteiger charge is 2.28. The van der Waals surface area contributed by atoms with Crippen molar-refractivity contribution in [3.63, 3.8) is 0 Å². The zero-order valence-corrected chi connectivity index (χ0v) is 12.4. The van der Waals surface area contributed by atoms with Gasteiger partial charge in [0, 0.05) is 11.4 Å². The fraction of sp³-hybridized carbons (Fsp3) is 0.545. The van der Waals surface area contributed by atoms with E-state index in [1.54, 1.807) is 0 Å². The molecule has 0 fully saturated rings. The summed E-state index contributed by atoms with van der Waals surface area (Å²) < 4.78 is 15.5. The molecule has 1 heterocycles. The minimum Gasteiger partial charge on any atom is -0.598 e. The lowest BCUT2D eigenvalue weighted by molar-refractivity contribution is 0.529. The average molecular weight is 305 g/mol. The maximum Gasteiger partial charge on any atom is 0.136 e. The molecule has 0 aliphatic rings. The number of halogens is 1. The Labute approximate surface area is 108 Å². The largest absolute Gasteiger partial charge is 0.598 e. The first kappa shape index (κ1) is 14.0. The van der Waals surface area contributed by atoms with Gasteiger partial charge in [-0.2, -0.15) is 0 Å². The summed E-state index contributed by atoms with van der Waals surface area (Å²) in [7, 11) is 0. The van der Waals surface area contributed by atoms with Gasteiger partial charge in [0.25, 0.3) is 0 Å². The van der Waals surface area contributed by atoms with Crippen LogP contribution in [0.1, 0.15) is 39.4 Å². The zero-order chi connectivity index (χ0) is 12.3. The zero-order valence-electron chi connectivity index (χ0n) is 9.95. The molecule has 90 valence electrons. The monoisotopic (exact) mass is 304 g/mol. The Balaban J connectivity index is 2.69. The molecule has 16 heavy (non-hydrogen) atoms. The standard InChI is InChI=1S/C11H17BrN2OS/c1-8(14-16(15)11(2,3)4)9-6-5-7-10(12)13-9/h5-8,14H,1-4H3/t8-,16-/m1/s1. The third kappa shape index (κ3) is 4.05. The highest BCUT2D eigenvalue weighted by atomic mass is 79.9. The molecule has 0 spiro atoms. The van der Waals surface area contributed by atoms with E-state index in [-0.39, 0.29) is 10.8 Å². The first-order valence-corrected chi connectivity index (χ1v) is 7.05. The van der Waals surface area contributed by atoms with Crippen molar-refractivity contribution in [3.8, 4) is 0 Å². The van der Waals surface area contributed by atoms with Gasteiger partial charge in [-0.1, -0.05) is 6.07 Å². The maximum atomic E-state index is 11.9. The number of hydrogen-bond acceptors (Lipinski definition) is 3. The summed E-state index contributed by atoms with van der Waals surface area (Å²) in [6, 6.07) is 5.68. The third-order valence-electron chi connectivity index (χ3n) is 2.02. The summed E-state index contributed by atoms with van der Waals surface area (Å²) in [6.07, 6.45) is 0. The van der Waals surface area contributed by atoms with E-state index in [0.717, 1.165) is 10.3 Å². The van der Waals surface area contributed by atoms with Crippen LogP contribution < -0.4 is 4.72 Å². The molecule has 0 aromatic carbocycles.